The second-order valence-electron chi connectivity index (χ2n) is 6.03. The monoisotopic (exact) mass is 465 g/mol. The van der Waals surface area contributed by atoms with Gasteiger partial charge in [0.1, 0.15) is 0 Å². The van der Waals surface area contributed by atoms with Gasteiger partial charge in [-0.25, -0.2) is 0 Å². The van der Waals surface area contributed by atoms with Gasteiger partial charge in [-0.3, -0.25) is 14.7 Å². The number of thiophene rings is 1. The predicted octanol–water partition coefficient (Wildman–Crippen LogP) is 1.58. The Kier molecular flexibility index (Phi) is 9.60. The van der Waals surface area contributed by atoms with Crippen LogP contribution in [0.4, 0.5) is 0 Å². The zero-order valence-corrected chi connectivity index (χ0v) is 17.5. The van der Waals surface area contributed by atoms with E-state index < -0.39 is 0 Å². The number of hydrogen-bond donors (Lipinski definition) is 3. The lowest BCUT2D eigenvalue weighted by molar-refractivity contribution is -0.119. The first-order valence-electron chi connectivity index (χ1n) is 8.09. The van der Waals surface area contributed by atoms with Crippen molar-refractivity contribution >= 4 is 47.2 Å². The van der Waals surface area contributed by atoms with Crippen molar-refractivity contribution in [3.8, 4) is 0 Å². The molecule has 1 aromatic rings. The van der Waals surface area contributed by atoms with Crippen LogP contribution in [-0.4, -0.2) is 56.0 Å². The number of nitrogens with two attached hydrogens (primary N) is 1. The molecule has 24 heavy (non-hydrogen) atoms. The number of carbonyl (C=O) groups excluding carboxylic acids is 1. The van der Waals surface area contributed by atoms with Crippen LogP contribution in [0.1, 0.15) is 30.6 Å². The van der Waals surface area contributed by atoms with Crippen molar-refractivity contribution in [3.63, 3.8) is 0 Å². The number of hydrogen-bond acceptors (Lipinski definition) is 4. The number of nitrogens with one attached hydrogen (secondary N) is 2. The fourth-order valence-corrected chi connectivity index (χ4v) is 3.55. The summed E-state index contributed by atoms with van der Waals surface area (Å²) in [4.78, 5) is 18.8. The average Bonchev–Trinajstić information content (AvgIpc) is 3.06. The van der Waals surface area contributed by atoms with E-state index >= 15 is 0 Å². The lowest BCUT2D eigenvalue weighted by Gasteiger charge is -2.32. The number of piperidine rings is 1. The maximum absolute atomic E-state index is 11.0. The highest BCUT2D eigenvalue weighted by Gasteiger charge is 2.21. The van der Waals surface area contributed by atoms with E-state index in [9.17, 15) is 4.79 Å². The Morgan fingerprint density at radius 3 is 2.75 bits per heavy atom. The molecule has 0 aliphatic carbocycles. The molecule has 0 bridgehead atoms. The molecule has 0 saturated carbocycles. The van der Waals surface area contributed by atoms with Crippen molar-refractivity contribution in [1.29, 1.82) is 0 Å². The summed E-state index contributed by atoms with van der Waals surface area (Å²) in [5.74, 6) is 1.06. The Balaban J connectivity index is 0.00000288. The minimum atomic E-state index is -0.253. The van der Waals surface area contributed by atoms with Gasteiger partial charge in [-0.2, -0.15) is 0 Å². The first-order chi connectivity index (χ1) is 11.1. The molecule has 1 aromatic heterocycles. The van der Waals surface area contributed by atoms with Gasteiger partial charge in [0.2, 0.25) is 5.91 Å². The van der Waals surface area contributed by atoms with Gasteiger partial charge in [0.05, 0.1) is 6.54 Å². The van der Waals surface area contributed by atoms with Gasteiger partial charge < -0.3 is 16.4 Å². The Labute approximate surface area is 165 Å². The average molecular weight is 465 g/mol. The third-order valence-corrected chi connectivity index (χ3v) is 5.24. The van der Waals surface area contributed by atoms with Crippen molar-refractivity contribution in [2.75, 3.05) is 33.2 Å². The van der Waals surface area contributed by atoms with Crippen LogP contribution in [0.2, 0.25) is 0 Å². The van der Waals surface area contributed by atoms with E-state index in [-0.39, 0.29) is 29.9 Å². The highest BCUT2D eigenvalue weighted by atomic mass is 127. The fraction of sp³-hybridized carbons (Fsp3) is 0.625. The SMILES string of the molecule is CN=C(NCC(C)c1cccs1)NC1CCN(CC(N)=O)CC1.I. The van der Waals surface area contributed by atoms with Crippen molar-refractivity contribution < 1.29 is 4.79 Å². The zero-order valence-electron chi connectivity index (χ0n) is 14.3. The van der Waals surface area contributed by atoms with E-state index in [1.165, 1.54) is 4.88 Å². The van der Waals surface area contributed by atoms with Crippen molar-refractivity contribution in [3.05, 3.63) is 22.4 Å². The van der Waals surface area contributed by atoms with E-state index in [0.717, 1.165) is 38.4 Å². The van der Waals surface area contributed by atoms with E-state index in [2.05, 4.69) is 45.0 Å². The molecule has 6 nitrogen and oxygen atoms in total. The highest BCUT2D eigenvalue weighted by Crippen LogP contribution is 2.19. The van der Waals surface area contributed by atoms with Crippen LogP contribution in [-0.2, 0) is 4.79 Å². The maximum Gasteiger partial charge on any atom is 0.231 e. The van der Waals surface area contributed by atoms with Crippen LogP contribution in [0.3, 0.4) is 0 Å². The summed E-state index contributed by atoms with van der Waals surface area (Å²) in [6.45, 7) is 5.22. The van der Waals surface area contributed by atoms with E-state index in [0.29, 0.717) is 18.5 Å². The summed E-state index contributed by atoms with van der Waals surface area (Å²) in [6.07, 6.45) is 1.99. The molecule has 1 aliphatic heterocycles. The number of amides is 1. The Morgan fingerprint density at radius 1 is 1.50 bits per heavy atom. The molecule has 8 heteroatoms. The first-order valence-corrected chi connectivity index (χ1v) is 8.97. The molecule has 1 amide bonds. The topological polar surface area (TPSA) is 82.8 Å². The van der Waals surface area contributed by atoms with Crippen molar-refractivity contribution in [2.24, 2.45) is 10.7 Å². The predicted molar refractivity (Wildman–Crippen MR) is 111 cm³/mol. The third kappa shape index (κ3) is 6.94. The first kappa shape index (κ1) is 21.2. The van der Waals surface area contributed by atoms with Gasteiger partial charge in [-0.05, 0) is 24.3 Å². The molecule has 0 spiro atoms. The molecule has 1 atom stereocenters. The second kappa shape index (κ2) is 10.9. The third-order valence-electron chi connectivity index (χ3n) is 4.14. The number of guanidine groups is 1. The molecule has 1 unspecified atom stereocenters. The Hall–Kier alpha value is -0.870. The lowest BCUT2D eigenvalue weighted by Crippen LogP contribution is -2.50. The molecule has 2 rings (SSSR count). The smallest absolute Gasteiger partial charge is 0.231 e. The summed E-state index contributed by atoms with van der Waals surface area (Å²) in [5, 5.41) is 9.00. The van der Waals surface area contributed by atoms with Gasteiger partial charge in [-0.1, -0.05) is 13.0 Å². The molecular formula is C16H28IN5OS. The van der Waals surface area contributed by atoms with Gasteiger partial charge in [0.15, 0.2) is 5.96 Å². The minimum Gasteiger partial charge on any atom is -0.369 e. The van der Waals surface area contributed by atoms with Crippen molar-refractivity contribution in [2.45, 2.75) is 31.7 Å². The van der Waals surface area contributed by atoms with Gasteiger partial charge in [0, 0.05) is 43.5 Å². The number of nitrogens with zero attached hydrogens (tertiary/aromatic N) is 2. The molecule has 0 radical (unpaired) electrons. The molecule has 2 heterocycles. The maximum atomic E-state index is 11.0. The van der Waals surface area contributed by atoms with Gasteiger partial charge >= 0.3 is 0 Å². The largest absolute Gasteiger partial charge is 0.369 e. The van der Waals surface area contributed by atoms with Crippen LogP contribution in [0.25, 0.3) is 0 Å². The number of primary amides is 1. The fourth-order valence-electron chi connectivity index (χ4n) is 2.77. The van der Waals surface area contributed by atoms with Crippen LogP contribution in [0.15, 0.2) is 22.5 Å². The second-order valence-corrected chi connectivity index (χ2v) is 7.01. The summed E-state index contributed by atoms with van der Waals surface area (Å²) < 4.78 is 0. The summed E-state index contributed by atoms with van der Waals surface area (Å²) in [6, 6.07) is 4.65. The number of rotatable bonds is 6. The lowest BCUT2D eigenvalue weighted by atomic mass is 10.1. The minimum absolute atomic E-state index is 0. The van der Waals surface area contributed by atoms with Gasteiger partial charge in [-0.15, -0.1) is 35.3 Å². The summed E-state index contributed by atoms with van der Waals surface area (Å²) in [7, 11) is 1.80. The number of carbonyl (C=O) groups is 1. The number of aliphatic imine (C=N–C) groups is 1. The standard InChI is InChI=1S/C16H27N5OS.HI/c1-12(14-4-3-9-23-14)10-19-16(18-2)20-13-5-7-21(8-6-13)11-15(17)22;/h3-4,9,12-13H,5-8,10-11H2,1-2H3,(H2,17,22)(H2,18,19,20);1H. The van der Waals surface area contributed by atoms with E-state index in [1.807, 2.05) is 0 Å². The molecule has 1 aliphatic rings. The molecular weight excluding hydrogens is 437 g/mol. The summed E-state index contributed by atoms with van der Waals surface area (Å²) >= 11 is 1.79. The number of halogens is 1. The quantitative estimate of drug-likeness (QED) is 0.339. The molecule has 4 N–H and O–H groups in total. The van der Waals surface area contributed by atoms with E-state index in [4.69, 9.17) is 5.73 Å². The van der Waals surface area contributed by atoms with Crippen molar-refractivity contribution in [1.82, 2.24) is 15.5 Å². The highest BCUT2D eigenvalue weighted by molar-refractivity contribution is 14.0. The molecule has 1 saturated heterocycles. The van der Waals surface area contributed by atoms with Crippen LogP contribution < -0.4 is 16.4 Å². The normalized spacial score (nSPS) is 17.8. The molecule has 136 valence electrons. The number of likely N-dealkylation sites (tertiary alicyclic amines) is 1. The molecule has 0 aromatic carbocycles. The zero-order chi connectivity index (χ0) is 16.7. The Bertz CT molecular complexity index is 515. The molecule has 1 fully saturated rings. The van der Waals surface area contributed by atoms with Crippen LogP contribution in [0, 0.1) is 0 Å². The Morgan fingerprint density at radius 2 is 2.21 bits per heavy atom. The van der Waals surface area contributed by atoms with Gasteiger partial charge in [0.25, 0.3) is 0 Å². The van der Waals surface area contributed by atoms with E-state index in [1.54, 1.807) is 18.4 Å². The van der Waals surface area contributed by atoms with Crippen LogP contribution in [0.5, 0.6) is 0 Å². The summed E-state index contributed by atoms with van der Waals surface area (Å²) in [5.41, 5.74) is 5.24. The van der Waals surface area contributed by atoms with Crippen LogP contribution >= 0.6 is 35.3 Å².